The molecule has 0 amide bonds. The lowest BCUT2D eigenvalue weighted by Gasteiger charge is -2.33. The van der Waals surface area contributed by atoms with E-state index < -0.39 is 0 Å². The number of aliphatic hydroxyl groups is 1. The van der Waals surface area contributed by atoms with E-state index in [1.807, 2.05) is 48.2 Å². The molecule has 0 saturated carbocycles. The molecule has 1 aliphatic heterocycles. The first-order valence-corrected chi connectivity index (χ1v) is 5.96. The van der Waals surface area contributed by atoms with Crippen molar-refractivity contribution >= 4 is 5.70 Å². The van der Waals surface area contributed by atoms with Gasteiger partial charge in [0.05, 0.1) is 23.7 Å². The van der Waals surface area contributed by atoms with Crippen molar-refractivity contribution in [2.75, 3.05) is 13.2 Å². The Labute approximate surface area is 108 Å². The van der Waals surface area contributed by atoms with E-state index in [0.717, 1.165) is 22.5 Å². The molecule has 3 N–H and O–H groups in total. The first kappa shape index (κ1) is 12.5. The standard InChI is InChI=1S/C15H18N2O/c1-11-10-14(16)12(2)17(8-9-18)15(11)13-6-4-3-5-7-13/h3-7,10,18H,2,8-9,16H2,1H3. The van der Waals surface area contributed by atoms with Gasteiger partial charge in [-0.3, -0.25) is 0 Å². The lowest BCUT2D eigenvalue weighted by Crippen LogP contribution is -2.30. The average Bonchev–Trinajstić information content (AvgIpc) is 2.37. The molecule has 0 aliphatic carbocycles. The number of β-amino-alcohol motifs (C(OH)–C–C–N with tert-alkyl or cyclic N) is 1. The Morgan fingerprint density at radius 3 is 2.56 bits per heavy atom. The number of hydrogen-bond donors (Lipinski definition) is 2. The van der Waals surface area contributed by atoms with Crippen molar-refractivity contribution in [3.8, 4) is 0 Å². The van der Waals surface area contributed by atoms with Gasteiger partial charge in [0, 0.05) is 6.54 Å². The van der Waals surface area contributed by atoms with Crippen LogP contribution in [0.5, 0.6) is 0 Å². The van der Waals surface area contributed by atoms with Crippen LogP contribution >= 0.6 is 0 Å². The van der Waals surface area contributed by atoms with Crippen LogP contribution in [0.4, 0.5) is 0 Å². The molecule has 1 aromatic rings. The Morgan fingerprint density at radius 1 is 1.28 bits per heavy atom. The number of hydrogen-bond acceptors (Lipinski definition) is 3. The molecule has 1 heterocycles. The van der Waals surface area contributed by atoms with Crippen LogP contribution in [0.1, 0.15) is 12.5 Å². The second-order valence-corrected chi connectivity index (χ2v) is 4.32. The summed E-state index contributed by atoms with van der Waals surface area (Å²) in [7, 11) is 0. The highest BCUT2D eigenvalue weighted by atomic mass is 16.3. The average molecular weight is 242 g/mol. The molecule has 1 aliphatic rings. The Kier molecular flexibility index (Phi) is 3.53. The van der Waals surface area contributed by atoms with Crippen molar-refractivity contribution < 1.29 is 5.11 Å². The summed E-state index contributed by atoms with van der Waals surface area (Å²) in [6.07, 6.45) is 1.93. The lowest BCUT2D eigenvalue weighted by atomic mass is 10.00. The Morgan fingerprint density at radius 2 is 1.94 bits per heavy atom. The van der Waals surface area contributed by atoms with Crippen molar-refractivity contribution in [1.29, 1.82) is 0 Å². The fourth-order valence-electron chi connectivity index (χ4n) is 2.21. The summed E-state index contributed by atoms with van der Waals surface area (Å²) < 4.78 is 0. The number of nitrogens with zero attached hydrogens (tertiary/aromatic N) is 1. The summed E-state index contributed by atoms with van der Waals surface area (Å²) >= 11 is 0. The monoisotopic (exact) mass is 242 g/mol. The van der Waals surface area contributed by atoms with Crippen LogP contribution in [0.2, 0.25) is 0 Å². The number of nitrogens with two attached hydrogens (primary N) is 1. The first-order chi connectivity index (χ1) is 8.65. The number of allylic oxidation sites excluding steroid dienone is 2. The van der Waals surface area contributed by atoms with E-state index in [4.69, 9.17) is 5.73 Å². The molecule has 2 rings (SSSR count). The van der Waals surface area contributed by atoms with E-state index in [1.165, 1.54) is 0 Å². The van der Waals surface area contributed by atoms with Gasteiger partial charge in [0.25, 0.3) is 0 Å². The normalized spacial score (nSPS) is 16.0. The zero-order chi connectivity index (χ0) is 13.1. The van der Waals surface area contributed by atoms with Crippen LogP contribution in [0.25, 0.3) is 5.70 Å². The highest BCUT2D eigenvalue weighted by Gasteiger charge is 2.21. The predicted molar refractivity (Wildman–Crippen MR) is 74.2 cm³/mol. The molecule has 0 atom stereocenters. The molecule has 3 heteroatoms. The third-order valence-electron chi connectivity index (χ3n) is 3.05. The van der Waals surface area contributed by atoms with E-state index in [-0.39, 0.29) is 6.61 Å². The molecule has 0 bridgehead atoms. The minimum atomic E-state index is 0.0654. The van der Waals surface area contributed by atoms with Gasteiger partial charge in [-0.15, -0.1) is 0 Å². The predicted octanol–water partition coefficient (Wildman–Crippen LogP) is 2.08. The van der Waals surface area contributed by atoms with Crippen molar-refractivity contribution in [3.05, 3.63) is 65.5 Å². The van der Waals surface area contributed by atoms with Gasteiger partial charge in [-0.2, -0.15) is 0 Å². The summed E-state index contributed by atoms with van der Waals surface area (Å²) in [5, 5.41) is 9.21. The van der Waals surface area contributed by atoms with Crippen LogP contribution in [0, 0.1) is 0 Å². The zero-order valence-corrected chi connectivity index (χ0v) is 10.6. The molecule has 0 radical (unpaired) electrons. The smallest absolute Gasteiger partial charge is 0.0610 e. The Hall–Kier alpha value is -2.00. The molecule has 0 saturated heterocycles. The second-order valence-electron chi connectivity index (χ2n) is 4.32. The zero-order valence-electron chi connectivity index (χ0n) is 10.6. The molecule has 0 aromatic heterocycles. The maximum Gasteiger partial charge on any atom is 0.0610 e. The molecule has 3 nitrogen and oxygen atoms in total. The van der Waals surface area contributed by atoms with E-state index in [2.05, 4.69) is 6.58 Å². The minimum Gasteiger partial charge on any atom is -0.397 e. The van der Waals surface area contributed by atoms with Crippen molar-refractivity contribution in [3.63, 3.8) is 0 Å². The van der Waals surface area contributed by atoms with E-state index in [9.17, 15) is 5.11 Å². The molecule has 0 unspecified atom stereocenters. The molecule has 1 aromatic carbocycles. The fraction of sp³-hybridized carbons (Fsp3) is 0.200. The van der Waals surface area contributed by atoms with Gasteiger partial charge in [-0.1, -0.05) is 36.9 Å². The fourth-order valence-corrected chi connectivity index (χ4v) is 2.21. The minimum absolute atomic E-state index is 0.0654. The second kappa shape index (κ2) is 5.10. The molecular weight excluding hydrogens is 224 g/mol. The van der Waals surface area contributed by atoms with Crippen molar-refractivity contribution in [1.82, 2.24) is 4.90 Å². The van der Waals surface area contributed by atoms with Crippen LogP contribution in [0.15, 0.2) is 60.0 Å². The van der Waals surface area contributed by atoms with E-state index in [1.54, 1.807) is 0 Å². The number of aliphatic hydroxyl groups excluding tert-OH is 1. The maximum atomic E-state index is 9.21. The van der Waals surface area contributed by atoms with Crippen LogP contribution in [0.3, 0.4) is 0 Å². The highest BCUT2D eigenvalue weighted by Crippen LogP contribution is 2.32. The summed E-state index contributed by atoms with van der Waals surface area (Å²) in [6.45, 7) is 6.57. The number of benzene rings is 1. The quantitative estimate of drug-likeness (QED) is 0.853. The summed E-state index contributed by atoms with van der Waals surface area (Å²) in [4.78, 5) is 1.97. The Bertz CT molecular complexity index is 515. The van der Waals surface area contributed by atoms with Crippen molar-refractivity contribution in [2.24, 2.45) is 5.73 Å². The van der Waals surface area contributed by atoms with Gasteiger partial charge in [0.15, 0.2) is 0 Å². The third kappa shape index (κ3) is 2.17. The summed E-state index contributed by atoms with van der Waals surface area (Å²) in [5.74, 6) is 0. The Balaban J connectivity index is 2.52. The van der Waals surface area contributed by atoms with Crippen LogP contribution in [-0.4, -0.2) is 23.2 Å². The van der Waals surface area contributed by atoms with Gasteiger partial charge in [0.1, 0.15) is 0 Å². The van der Waals surface area contributed by atoms with Gasteiger partial charge in [-0.25, -0.2) is 0 Å². The largest absolute Gasteiger partial charge is 0.397 e. The molecule has 94 valence electrons. The van der Waals surface area contributed by atoms with Crippen LogP contribution in [-0.2, 0) is 0 Å². The number of rotatable bonds is 3. The van der Waals surface area contributed by atoms with Crippen molar-refractivity contribution in [2.45, 2.75) is 6.92 Å². The van der Waals surface area contributed by atoms with Gasteiger partial charge in [0.2, 0.25) is 0 Å². The van der Waals surface area contributed by atoms with E-state index >= 15 is 0 Å². The molecule has 0 fully saturated rings. The topological polar surface area (TPSA) is 49.5 Å². The summed E-state index contributed by atoms with van der Waals surface area (Å²) in [6, 6.07) is 10.1. The lowest BCUT2D eigenvalue weighted by molar-refractivity contribution is 0.262. The van der Waals surface area contributed by atoms with E-state index in [0.29, 0.717) is 12.2 Å². The molecule has 18 heavy (non-hydrogen) atoms. The SMILES string of the molecule is C=C1C(N)=CC(C)=C(c2ccccc2)N1CCO. The molecular formula is C15H18N2O. The van der Waals surface area contributed by atoms with Gasteiger partial charge >= 0.3 is 0 Å². The first-order valence-electron chi connectivity index (χ1n) is 5.96. The van der Waals surface area contributed by atoms with Crippen LogP contribution < -0.4 is 5.73 Å². The highest BCUT2D eigenvalue weighted by molar-refractivity contribution is 5.73. The maximum absolute atomic E-state index is 9.21. The van der Waals surface area contributed by atoms with Gasteiger partial charge < -0.3 is 15.7 Å². The third-order valence-corrected chi connectivity index (χ3v) is 3.05. The summed E-state index contributed by atoms with van der Waals surface area (Å²) in [5.41, 5.74) is 10.6. The van der Waals surface area contributed by atoms with Gasteiger partial charge in [-0.05, 0) is 24.1 Å². The molecule has 0 spiro atoms.